The van der Waals surface area contributed by atoms with Gasteiger partial charge < -0.3 is 10.4 Å². The Kier molecular flexibility index (Phi) is 5.28. The molecule has 1 aliphatic carbocycles. The van der Waals surface area contributed by atoms with Crippen molar-refractivity contribution in [2.75, 3.05) is 5.32 Å². The first-order valence-electron chi connectivity index (χ1n) is 7.52. The van der Waals surface area contributed by atoms with E-state index in [-0.39, 0.29) is 6.42 Å². The Bertz CT molecular complexity index is 588. The monoisotopic (exact) mass is 329 g/mol. The van der Waals surface area contributed by atoms with Gasteiger partial charge in [-0.2, -0.15) is 0 Å². The number of rotatable bonds is 4. The Morgan fingerprint density at radius 1 is 1.04 bits per heavy atom. The summed E-state index contributed by atoms with van der Waals surface area (Å²) in [6, 6.07) is 0.911. The van der Waals surface area contributed by atoms with Crippen LogP contribution in [0.1, 0.15) is 44.9 Å². The van der Waals surface area contributed by atoms with Gasteiger partial charge >= 0.3 is 5.97 Å². The minimum atomic E-state index is -1.24. The van der Waals surface area contributed by atoms with Gasteiger partial charge in [-0.05, 0) is 12.8 Å². The first kappa shape index (κ1) is 17.3. The quantitative estimate of drug-likeness (QED) is 0.824. The second-order valence-electron chi connectivity index (χ2n) is 5.97. The molecule has 0 heterocycles. The molecule has 126 valence electrons. The topological polar surface area (TPSA) is 66.4 Å². The Morgan fingerprint density at radius 3 is 2.04 bits per heavy atom. The third-order valence-electron chi connectivity index (χ3n) is 4.28. The zero-order chi connectivity index (χ0) is 17.0. The number of anilines is 1. The van der Waals surface area contributed by atoms with E-state index in [1.165, 1.54) is 0 Å². The molecule has 0 bridgehead atoms. The van der Waals surface area contributed by atoms with Crippen molar-refractivity contribution in [2.24, 2.45) is 5.41 Å². The van der Waals surface area contributed by atoms with Gasteiger partial charge in [-0.25, -0.2) is 13.2 Å². The van der Waals surface area contributed by atoms with Crippen LogP contribution in [-0.2, 0) is 9.59 Å². The summed E-state index contributed by atoms with van der Waals surface area (Å²) in [5.41, 5.74) is -1.97. The highest BCUT2D eigenvalue weighted by Gasteiger charge is 2.40. The minimum absolute atomic E-state index is 0.351. The molecule has 0 spiro atoms. The normalized spacial score (nSPS) is 17.3. The van der Waals surface area contributed by atoms with Gasteiger partial charge in [0.15, 0.2) is 11.6 Å². The molecule has 0 radical (unpaired) electrons. The van der Waals surface area contributed by atoms with Gasteiger partial charge in [0.25, 0.3) is 0 Å². The van der Waals surface area contributed by atoms with Crippen LogP contribution in [0.2, 0.25) is 0 Å². The molecule has 0 aliphatic heterocycles. The molecule has 2 rings (SSSR count). The lowest BCUT2D eigenvalue weighted by Crippen LogP contribution is -2.35. The van der Waals surface area contributed by atoms with E-state index in [0.717, 1.165) is 12.8 Å². The third-order valence-corrected chi connectivity index (χ3v) is 4.28. The second-order valence-corrected chi connectivity index (χ2v) is 5.97. The molecule has 1 saturated carbocycles. The smallest absolute Gasteiger partial charge is 0.310 e. The average molecular weight is 329 g/mol. The van der Waals surface area contributed by atoms with Crippen molar-refractivity contribution in [3.05, 3.63) is 29.6 Å². The van der Waals surface area contributed by atoms with E-state index in [2.05, 4.69) is 0 Å². The van der Waals surface area contributed by atoms with E-state index in [1.54, 1.807) is 0 Å². The lowest BCUT2D eigenvalue weighted by atomic mass is 9.77. The summed E-state index contributed by atoms with van der Waals surface area (Å²) in [6.45, 7) is 0. The molecular weight excluding hydrogens is 311 g/mol. The first-order valence-corrected chi connectivity index (χ1v) is 7.52. The van der Waals surface area contributed by atoms with E-state index < -0.39 is 40.4 Å². The highest BCUT2D eigenvalue weighted by atomic mass is 19.1. The van der Waals surface area contributed by atoms with Crippen molar-refractivity contribution in [2.45, 2.75) is 44.9 Å². The zero-order valence-electron chi connectivity index (χ0n) is 12.5. The van der Waals surface area contributed by atoms with Crippen LogP contribution in [0.15, 0.2) is 12.1 Å². The van der Waals surface area contributed by atoms with Crippen molar-refractivity contribution >= 4 is 17.6 Å². The summed E-state index contributed by atoms with van der Waals surface area (Å²) in [6.07, 6.45) is 3.53. The van der Waals surface area contributed by atoms with Gasteiger partial charge in [0.1, 0.15) is 11.5 Å². The SMILES string of the molecule is O=C(CC1(C(=O)O)CCCCCC1)Nc1c(F)cc(F)cc1F. The Hall–Kier alpha value is -2.05. The number of benzene rings is 1. The van der Waals surface area contributed by atoms with Gasteiger partial charge in [0, 0.05) is 18.6 Å². The van der Waals surface area contributed by atoms with Crippen LogP contribution in [0, 0.1) is 22.9 Å². The van der Waals surface area contributed by atoms with Crippen molar-refractivity contribution in [3.63, 3.8) is 0 Å². The van der Waals surface area contributed by atoms with E-state index >= 15 is 0 Å². The maximum absolute atomic E-state index is 13.6. The molecule has 0 unspecified atom stereocenters. The fourth-order valence-corrected chi connectivity index (χ4v) is 3.02. The first-order chi connectivity index (χ1) is 10.8. The van der Waals surface area contributed by atoms with Crippen LogP contribution >= 0.6 is 0 Å². The summed E-state index contributed by atoms with van der Waals surface area (Å²) in [5, 5.41) is 11.5. The molecule has 1 amide bonds. The summed E-state index contributed by atoms with van der Waals surface area (Å²) in [4.78, 5) is 23.7. The van der Waals surface area contributed by atoms with E-state index in [0.29, 0.717) is 37.8 Å². The van der Waals surface area contributed by atoms with Crippen molar-refractivity contribution in [1.29, 1.82) is 0 Å². The molecule has 1 aliphatic rings. The highest BCUT2D eigenvalue weighted by molar-refractivity contribution is 5.94. The Labute approximate surface area is 131 Å². The number of aliphatic carboxylic acids is 1. The van der Waals surface area contributed by atoms with Gasteiger partial charge in [0.05, 0.1) is 5.41 Å². The predicted octanol–water partition coefficient (Wildman–Crippen LogP) is 3.86. The molecule has 0 aromatic heterocycles. The number of carbonyl (C=O) groups is 2. The van der Waals surface area contributed by atoms with Crippen LogP contribution < -0.4 is 5.32 Å². The highest BCUT2D eigenvalue weighted by Crippen LogP contribution is 2.39. The maximum Gasteiger partial charge on any atom is 0.310 e. The number of halogens is 3. The fourth-order valence-electron chi connectivity index (χ4n) is 3.02. The van der Waals surface area contributed by atoms with Crippen molar-refractivity contribution < 1.29 is 27.9 Å². The number of hydrogen-bond acceptors (Lipinski definition) is 2. The molecule has 1 aromatic carbocycles. The largest absolute Gasteiger partial charge is 0.481 e. The van der Waals surface area contributed by atoms with Gasteiger partial charge in [-0.15, -0.1) is 0 Å². The summed E-state index contributed by atoms with van der Waals surface area (Å²) < 4.78 is 40.0. The minimum Gasteiger partial charge on any atom is -0.481 e. The molecular formula is C16H18F3NO3. The van der Waals surface area contributed by atoms with Crippen molar-refractivity contribution in [1.82, 2.24) is 0 Å². The van der Waals surface area contributed by atoms with Gasteiger partial charge in [0.2, 0.25) is 5.91 Å². The molecule has 23 heavy (non-hydrogen) atoms. The zero-order valence-corrected chi connectivity index (χ0v) is 12.5. The van der Waals surface area contributed by atoms with E-state index in [9.17, 15) is 27.9 Å². The molecule has 1 fully saturated rings. The standard InChI is InChI=1S/C16H18F3NO3/c17-10-7-11(18)14(12(19)8-10)20-13(21)9-16(15(22)23)5-3-1-2-4-6-16/h7-8H,1-6,9H2,(H,20,21)(H,22,23). The molecule has 0 saturated heterocycles. The molecule has 2 N–H and O–H groups in total. The van der Waals surface area contributed by atoms with Crippen LogP contribution in [0.25, 0.3) is 0 Å². The Balaban J connectivity index is 2.15. The van der Waals surface area contributed by atoms with Gasteiger partial charge in [-0.3, -0.25) is 9.59 Å². The van der Waals surface area contributed by atoms with E-state index in [4.69, 9.17) is 0 Å². The van der Waals surface area contributed by atoms with E-state index in [1.807, 2.05) is 5.32 Å². The van der Waals surface area contributed by atoms with Crippen molar-refractivity contribution in [3.8, 4) is 0 Å². The number of carboxylic acids is 1. The Morgan fingerprint density at radius 2 is 1.57 bits per heavy atom. The molecule has 0 atom stereocenters. The lowest BCUT2D eigenvalue weighted by molar-refractivity contribution is -0.152. The predicted molar refractivity (Wildman–Crippen MR) is 77.3 cm³/mol. The van der Waals surface area contributed by atoms with Crippen LogP contribution in [0.3, 0.4) is 0 Å². The van der Waals surface area contributed by atoms with Gasteiger partial charge in [-0.1, -0.05) is 25.7 Å². The molecule has 1 aromatic rings. The third kappa shape index (κ3) is 4.03. The lowest BCUT2D eigenvalue weighted by Gasteiger charge is -2.27. The summed E-state index contributed by atoms with van der Waals surface area (Å²) in [7, 11) is 0. The average Bonchev–Trinajstić information content (AvgIpc) is 2.69. The van der Waals surface area contributed by atoms with Crippen LogP contribution in [0.4, 0.5) is 18.9 Å². The molecule has 7 heteroatoms. The number of carbonyl (C=O) groups excluding carboxylic acids is 1. The van der Waals surface area contributed by atoms with Crippen LogP contribution in [-0.4, -0.2) is 17.0 Å². The number of nitrogens with one attached hydrogen (secondary N) is 1. The van der Waals surface area contributed by atoms with Crippen LogP contribution in [0.5, 0.6) is 0 Å². The second kappa shape index (κ2) is 7.02. The maximum atomic E-state index is 13.6. The summed E-state index contributed by atoms with van der Waals surface area (Å²) >= 11 is 0. The number of hydrogen-bond donors (Lipinski definition) is 2. The summed E-state index contributed by atoms with van der Waals surface area (Å²) in [5.74, 6) is -5.43. The number of carboxylic acid groups (broad SMARTS) is 1. The molecule has 4 nitrogen and oxygen atoms in total. The number of amides is 1. The fraction of sp³-hybridized carbons (Fsp3) is 0.500.